The molecule has 4 nitrogen and oxygen atoms in total. The zero-order chi connectivity index (χ0) is 15.6. The topological polar surface area (TPSA) is 56.2 Å². The molecule has 1 aliphatic rings. The molecule has 0 saturated heterocycles. The molecule has 2 atom stereocenters. The molecular formula is C19H17NO3. The maximum Gasteiger partial charge on any atom is 0.134 e. The second-order valence-electron chi connectivity index (χ2n) is 5.97. The summed E-state index contributed by atoms with van der Waals surface area (Å²) in [7, 11) is 0. The number of hydrogen-bond acceptors (Lipinski definition) is 4. The van der Waals surface area contributed by atoms with Gasteiger partial charge < -0.3 is 8.83 Å². The molecule has 116 valence electrons. The zero-order valence-corrected chi connectivity index (χ0v) is 12.6. The van der Waals surface area contributed by atoms with E-state index in [1.807, 2.05) is 42.5 Å². The lowest BCUT2D eigenvalue weighted by Crippen LogP contribution is -2.29. The molecule has 0 aliphatic heterocycles. The summed E-state index contributed by atoms with van der Waals surface area (Å²) in [6, 6.07) is 13.5. The molecule has 0 bridgehead atoms. The van der Waals surface area contributed by atoms with Gasteiger partial charge >= 0.3 is 0 Å². The van der Waals surface area contributed by atoms with Gasteiger partial charge in [-0.2, -0.15) is 0 Å². The third-order valence-corrected chi connectivity index (χ3v) is 4.61. The van der Waals surface area contributed by atoms with Gasteiger partial charge in [0.15, 0.2) is 0 Å². The lowest BCUT2D eigenvalue weighted by molar-refractivity contribution is -0.121. The Morgan fingerprint density at radius 1 is 0.870 bits per heavy atom. The molecule has 0 spiro atoms. The predicted octanol–water partition coefficient (Wildman–Crippen LogP) is 4.28. The van der Waals surface area contributed by atoms with E-state index in [0.717, 1.165) is 17.2 Å². The maximum atomic E-state index is 12.3. The van der Waals surface area contributed by atoms with E-state index in [0.29, 0.717) is 12.8 Å². The van der Waals surface area contributed by atoms with Gasteiger partial charge in [0.1, 0.15) is 17.3 Å². The first-order valence-electron chi connectivity index (χ1n) is 7.82. The molecule has 1 fully saturated rings. The highest BCUT2D eigenvalue weighted by Crippen LogP contribution is 2.50. The molecule has 23 heavy (non-hydrogen) atoms. The van der Waals surface area contributed by atoms with Crippen LogP contribution in [-0.2, 0) is 4.79 Å². The van der Waals surface area contributed by atoms with Crippen LogP contribution in [0.15, 0.2) is 70.0 Å². The first-order chi connectivity index (χ1) is 11.3. The Morgan fingerprint density at radius 2 is 1.52 bits per heavy atom. The number of ketones is 1. The van der Waals surface area contributed by atoms with E-state index < -0.39 is 0 Å². The SMILES string of the molecule is O=C1CC(c2ccco2)C(c2ccccn2)C(c2ccco2)C1. The standard InChI is InChI=1S/C19H17NO3/c21-13-11-14(17-6-3-9-22-17)19(16-5-1-2-8-20-16)15(12-13)18-7-4-10-23-18/h1-10,14-15,19H,11-12H2. The van der Waals surface area contributed by atoms with Crippen molar-refractivity contribution >= 4 is 5.78 Å². The molecule has 1 aliphatic carbocycles. The highest BCUT2D eigenvalue weighted by molar-refractivity contribution is 5.81. The number of Topliss-reactive ketones (excluding diaryl/α,β-unsaturated/α-hetero) is 1. The van der Waals surface area contributed by atoms with E-state index in [-0.39, 0.29) is 23.5 Å². The Bertz CT molecular complexity index is 716. The molecule has 4 heteroatoms. The Morgan fingerprint density at radius 3 is 2.00 bits per heavy atom. The molecule has 3 heterocycles. The minimum atomic E-state index is -0.0174. The summed E-state index contributed by atoms with van der Waals surface area (Å²) < 4.78 is 11.3. The van der Waals surface area contributed by atoms with Gasteiger partial charge in [0.2, 0.25) is 0 Å². The van der Waals surface area contributed by atoms with Gasteiger partial charge in [-0.3, -0.25) is 9.78 Å². The number of rotatable bonds is 3. The van der Waals surface area contributed by atoms with Gasteiger partial charge in [-0.15, -0.1) is 0 Å². The normalized spacial score (nSPS) is 24.7. The number of hydrogen-bond donors (Lipinski definition) is 0. The fourth-order valence-electron chi connectivity index (χ4n) is 3.65. The van der Waals surface area contributed by atoms with Crippen molar-refractivity contribution in [1.29, 1.82) is 0 Å². The van der Waals surface area contributed by atoms with Crippen molar-refractivity contribution in [2.75, 3.05) is 0 Å². The molecule has 0 N–H and O–H groups in total. The summed E-state index contributed by atoms with van der Waals surface area (Å²) in [5, 5.41) is 0. The summed E-state index contributed by atoms with van der Waals surface area (Å²) in [5.74, 6) is 1.94. The van der Waals surface area contributed by atoms with Crippen LogP contribution in [0.2, 0.25) is 0 Å². The van der Waals surface area contributed by atoms with Crippen LogP contribution in [0.5, 0.6) is 0 Å². The van der Waals surface area contributed by atoms with Crippen molar-refractivity contribution in [3.05, 3.63) is 78.4 Å². The Balaban J connectivity index is 1.82. The average Bonchev–Trinajstić information content (AvgIpc) is 3.28. The second-order valence-corrected chi connectivity index (χ2v) is 5.97. The van der Waals surface area contributed by atoms with Crippen molar-refractivity contribution in [3.8, 4) is 0 Å². The van der Waals surface area contributed by atoms with E-state index in [4.69, 9.17) is 8.83 Å². The largest absolute Gasteiger partial charge is 0.469 e. The highest BCUT2D eigenvalue weighted by Gasteiger charge is 2.42. The number of carbonyl (C=O) groups is 1. The van der Waals surface area contributed by atoms with Crippen molar-refractivity contribution in [3.63, 3.8) is 0 Å². The maximum absolute atomic E-state index is 12.3. The highest BCUT2D eigenvalue weighted by atomic mass is 16.3. The third kappa shape index (κ3) is 2.61. The van der Waals surface area contributed by atoms with Gasteiger partial charge in [-0.1, -0.05) is 6.07 Å². The summed E-state index contributed by atoms with van der Waals surface area (Å²) in [6.07, 6.45) is 6.07. The summed E-state index contributed by atoms with van der Waals surface area (Å²) in [5.41, 5.74) is 0.975. The molecule has 2 unspecified atom stereocenters. The fraction of sp³-hybridized carbons (Fsp3) is 0.263. The first kappa shape index (κ1) is 14.0. The van der Waals surface area contributed by atoms with Gasteiger partial charge in [0, 0.05) is 42.5 Å². The van der Waals surface area contributed by atoms with Gasteiger partial charge in [-0.25, -0.2) is 0 Å². The van der Waals surface area contributed by atoms with Crippen LogP contribution in [0.1, 0.15) is 47.8 Å². The van der Waals surface area contributed by atoms with E-state index in [1.54, 1.807) is 18.7 Å². The fourth-order valence-corrected chi connectivity index (χ4v) is 3.65. The number of pyridine rings is 1. The van der Waals surface area contributed by atoms with Gasteiger partial charge in [0.25, 0.3) is 0 Å². The molecule has 3 aromatic heterocycles. The lowest BCUT2D eigenvalue weighted by Gasteiger charge is -2.35. The van der Waals surface area contributed by atoms with E-state index in [1.165, 1.54) is 0 Å². The number of aromatic nitrogens is 1. The van der Waals surface area contributed by atoms with Crippen molar-refractivity contribution in [1.82, 2.24) is 4.98 Å². The first-order valence-corrected chi connectivity index (χ1v) is 7.82. The summed E-state index contributed by atoms with van der Waals surface area (Å²) in [6.45, 7) is 0. The molecular weight excluding hydrogens is 290 g/mol. The Kier molecular flexibility index (Phi) is 3.58. The average molecular weight is 307 g/mol. The van der Waals surface area contributed by atoms with Crippen LogP contribution in [0.25, 0.3) is 0 Å². The molecule has 1 saturated carbocycles. The molecule has 0 amide bonds. The van der Waals surface area contributed by atoms with Gasteiger partial charge in [-0.05, 0) is 36.4 Å². The van der Waals surface area contributed by atoms with E-state index in [9.17, 15) is 4.79 Å². The quantitative estimate of drug-likeness (QED) is 0.724. The van der Waals surface area contributed by atoms with E-state index in [2.05, 4.69) is 4.98 Å². The lowest BCUT2D eigenvalue weighted by atomic mass is 9.68. The summed E-state index contributed by atoms with van der Waals surface area (Å²) in [4.78, 5) is 16.9. The summed E-state index contributed by atoms with van der Waals surface area (Å²) >= 11 is 0. The van der Waals surface area contributed by atoms with Crippen LogP contribution >= 0.6 is 0 Å². The smallest absolute Gasteiger partial charge is 0.134 e. The van der Waals surface area contributed by atoms with E-state index >= 15 is 0 Å². The van der Waals surface area contributed by atoms with Crippen LogP contribution in [0.3, 0.4) is 0 Å². The minimum absolute atomic E-state index is 0.0174. The second kappa shape index (κ2) is 5.88. The van der Waals surface area contributed by atoms with Gasteiger partial charge in [0.05, 0.1) is 12.5 Å². The molecule has 0 aromatic carbocycles. The van der Waals surface area contributed by atoms with Crippen LogP contribution in [-0.4, -0.2) is 10.8 Å². The van der Waals surface area contributed by atoms with Crippen LogP contribution < -0.4 is 0 Å². The Hall–Kier alpha value is -2.62. The number of nitrogens with zero attached hydrogens (tertiary/aromatic N) is 1. The van der Waals surface area contributed by atoms with Crippen molar-refractivity contribution < 1.29 is 13.6 Å². The van der Waals surface area contributed by atoms with Crippen molar-refractivity contribution in [2.24, 2.45) is 0 Å². The monoisotopic (exact) mass is 307 g/mol. The van der Waals surface area contributed by atoms with Crippen LogP contribution in [0.4, 0.5) is 0 Å². The minimum Gasteiger partial charge on any atom is -0.469 e. The number of furan rings is 2. The molecule has 3 aromatic rings. The van der Waals surface area contributed by atoms with Crippen LogP contribution in [0, 0.1) is 0 Å². The molecule has 4 rings (SSSR count). The molecule has 0 radical (unpaired) electrons. The predicted molar refractivity (Wildman–Crippen MR) is 84.1 cm³/mol. The number of carbonyl (C=O) groups excluding carboxylic acids is 1. The third-order valence-electron chi connectivity index (χ3n) is 4.61. The zero-order valence-electron chi connectivity index (χ0n) is 12.6. The Labute approximate surface area is 134 Å². The van der Waals surface area contributed by atoms with Crippen molar-refractivity contribution in [2.45, 2.75) is 30.6 Å².